The fraction of sp³-hybridized carbons (Fsp3) is 0.320. The van der Waals surface area contributed by atoms with Gasteiger partial charge in [0.25, 0.3) is 11.1 Å². The molecule has 6 heteroatoms. The van der Waals surface area contributed by atoms with E-state index in [0.29, 0.717) is 10.8 Å². The topological polar surface area (TPSA) is 72.0 Å². The summed E-state index contributed by atoms with van der Waals surface area (Å²) < 4.78 is 2.28. The predicted molar refractivity (Wildman–Crippen MR) is 128 cm³/mol. The third-order valence-corrected chi connectivity index (χ3v) is 6.10. The van der Waals surface area contributed by atoms with E-state index in [-0.39, 0.29) is 16.5 Å². The molecular weight excluding hydrogens is 388 g/mol. The Bertz CT molecular complexity index is 1320. The summed E-state index contributed by atoms with van der Waals surface area (Å²) >= 11 is 0. The van der Waals surface area contributed by atoms with Crippen molar-refractivity contribution in [2.45, 2.75) is 32.6 Å². The van der Waals surface area contributed by atoms with E-state index in [1.165, 1.54) is 0 Å². The van der Waals surface area contributed by atoms with E-state index in [0.717, 1.165) is 41.2 Å². The molecule has 4 rings (SSSR count). The highest BCUT2D eigenvalue weighted by molar-refractivity contribution is 6.06. The predicted octanol–water partition coefficient (Wildman–Crippen LogP) is 3.78. The van der Waals surface area contributed by atoms with Gasteiger partial charge in [0, 0.05) is 43.9 Å². The number of nitrogens with zero attached hydrogens (tertiary/aromatic N) is 2. The molecular formula is C25H29N4O2+. The Labute approximate surface area is 181 Å². The van der Waals surface area contributed by atoms with Crippen LogP contribution in [0.25, 0.3) is 16.8 Å². The molecule has 0 radical (unpaired) electrons. The van der Waals surface area contributed by atoms with Gasteiger partial charge in [0.2, 0.25) is 5.69 Å². The summed E-state index contributed by atoms with van der Waals surface area (Å²) in [5.74, 6) is 0. The summed E-state index contributed by atoms with van der Waals surface area (Å²) in [4.78, 5) is 26.8. The largest absolute Gasteiger partial charge is 0.378 e. The molecule has 0 unspecified atom stereocenters. The highest BCUT2D eigenvalue weighted by Crippen LogP contribution is 2.41. The Morgan fingerprint density at radius 3 is 2.16 bits per heavy atom. The van der Waals surface area contributed by atoms with Crippen molar-refractivity contribution in [3.63, 3.8) is 0 Å². The molecule has 0 spiro atoms. The van der Waals surface area contributed by atoms with Gasteiger partial charge in [-0.1, -0.05) is 19.1 Å². The minimum absolute atomic E-state index is 0.278. The molecule has 1 aromatic heterocycles. The number of hydrogen-bond acceptors (Lipinski definition) is 3. The Morgan fingerprint density at radius 2 is 1.58 bits per heavy atom. The molecule has 2 heterocycles. The normalized spacial score (nSPS) is 15.1. The molecule has 31 heavy (non-hydrogen) atoms. The third-order valence-electron chi connectivity index (χ3n) is 6.10. The van der Waals surface area contributed by atoms with Gasteiger partial charge in [-0.15, -0.1) is 0 Å². The van der Waals surface area contributed by atoms with Crippen LogP contribution in [0.3, 0.4) is 0 Å². The fourth-order valence-electron chi connectivity index (χ4n) is 4.36. The van der Waals surface area contributed by atoms with Crippen LogP contribution in [0.5, 0.6) is 0 Å². The van der Waals surface area contributed by atoms with E-state index in [9.17, 15) is 9.59 Å². The highest BCUT2D eigenvalue weighted by atomic mass is 16.1. The molecule has 2 N–H and O–H groups in total. The number of fused-ring (bicyclic) bond motifs is 2. The second-order valence-electron chi connectivity index (χ2n) is 8.80. The summed E-state index contributed by atoms with van der Waals surface area (Å²) in [6.07, 6.45) is 5.26. The minimum atomic E-state index is -0.298. The molecule has 3 aromatic rings. The zero-order valence-electron chi connectivity index (χ0n) is 18.7. The van der Waals surface area contributed by atoms with Gasteiger partial charge in [-0.25, -0.2) is 0 Å². The fourth-order valence-corrected chi connectivity index (χ4v) is 4.36. The van der Waals surface area contributed by atoms with Crippen molar-refractivity contribution in [1.29, 1.82) is 0 Å². The maximum Gasteiger partial charge on any atom is 0.270 e. The summed E-state index contributed by atoms with van der Waals surface area (Å²) in [7, 11) is 4.06. The first-order valence-corrected chi connectivity index (χ1v) is 10.6. The second-order valence-corrected chi connectivity index (χ2v) is 8.80. The SMILES string of the molecule is CCC[N+]1=C(C=Cc2ccc(N(C)C)cc2)C(C)(C)c2cc3c(=O)[nH][nH]c(=O)c3cc21. The zero-order chi connectivity index (χ0) is 22.3. The van der Waals surface area contributed by atoms with Crippen molar-refractivity contribution < 1.29 is 4.58 Å². The van der Waals surface area contributed by atoms with Crippen LogP contribution in [0.2, 0.25) is 0 Å². The van der Waals surface area contributed by atoms with E-state index in [1.54, 1.807) is 0 Å². The summed E-state index contributed by atoms with van der Waals surface area (Å²) in [5.41, 5.74) is 4.65. The van der Waals surface area contributed by atoms with Crippen LogP contribution in [0.4, 0.5) is 11.4 Å². The molecule has 160 valence electrons. The van der Waals surface area contributed by atoms with Gasteiger partial charge in [-0.05, 0) is 43.7 Å². The smallest absolute Gasteiger partial charge is 0.270 e. The molecule has 0 fully saturated rings. The highest BCUT2D eigenvalue weighted by Gasteiger charge is 2.44. The summed E-state index contributed by atoms with van der Waals surface area (Å²) in [6.45, 7) is 7.32. The van der Waals surface area contributed by atoms with Gasteiger partial charge in [0.1, 0.15) is 6.54 Å². The van der Waals surface area contributed by atoms with Crippen LogP contribution in [0.15, 0.2) is 52.1 Å². The van der Waals surface area contributed by atoms with E-state index < -0.39 is 0 Å². The van der Waals surface area contributed by atoms with Gasteiger partial charge >= 0.3 is 0 Å². The quantitative estimate of drug-likeness (QED) is 0.621. The zero-order valence-corrected chi connectivity index (χ0v) is 18.7. The van der Waals surface area contributed by atoms with Gasteiger partial charge in [0.15, 0.2) is 5.71 Å². The van der Waals surface area contributed by atoms with Crippen LogP contribution in [-0.4, -0.2) is 41.1 Å². The number of H-pyrrole nitrogens is 2. The maximum atomic E-state index is 12.4. The number of aromatic amines is 2. The summed E-state index contributed by atoms with van der Waals surface area (Å²) in [5, 5.41) is 5.72. The lowest BCUT2D eigenvalue weighted by Crippen LogP contribution is -2.28. The van der Waals surface area contributed by atoms with Crippen molar-refractivity contribution in [1.82, 2.24) is 10.2 Å². The molecule has 0 saturated carbocycles. The monoisotopic (exact) mass is 417 g/mol. The molecule has 1 aliphatic rings. The molecule has 0 amide bonds. The van der Waals surface area contributed by atoms with Crippen molar-refractivity contribution in [2.75, 3.05) is 25.5 Å². The first-order chi connectivity index (χ1) is 14.7. The van der Waals surface area contributed by atoms with E-state index in [2.05, 4.69) is 76.9 Å². The van der Waals surface area contributed by atoms with Gasteiger partial charge in [-0.2, -0.15) is 4.58 Å². The van der Waals surface area contributed by atoms with Crippen LogP contribution >= 0.6 is 0 Å². The van der Waals surface area contributed by atoms with E-state index in [1.807, 2.05) is 26.2 Å². The number of anilines is 1. The lowest BCUT2D eigenvalue weighted by molar-refractivity contribution is -0.437. The minimum Gasteiger partial charge on any atom is -0.378 e. The van der Waals surface area contributed by atoms with Crippen molar-refractivity contribution in [3.8, 4) is 0 Å². The summed E-state index contributed by atoms with van der Waals surface area (Å²) in [6, 6.07) is 12.2. The lowest BCUT2D eigenvalue weighted by atomic mass is 9.80. The van der Waals surface area contributed by atoms with Crippen molar-refractivity contribution in [2.24, 2.45) is 0 Å². The van der Waals surface area contributed by atoms with Gasteiger partial charge in [0.05, 0.1) is 16.2 Å². The number of nitrogens with one attached hydrogen (secondary N) is 2. The number of benzene rings is 2. The van der Waals surface area contributed by atoms with E-state index in [4.69, 9.17) is 0 Å². The van der Waals surface area contributed by atoms with Crippen LogP contribution < -0.4 is 16.0 Å². The molecule has 0 aliphatic carbocycles. The Morgan fingerprint density at radius 1 is 0.968 bits per heavy atom. The number of allylic oxidation sites excluding steroid dienone is 1. The van der Waals surface area contributed by atoms with E-state index >= 15 is 0 Å². The van der Waals surface area contributed by atoms with Gasteiger partial charge in [-0.3, -0.25) is 19.8 Å². The number of hydrogen-bond donors (Lipinski definition) is 2. The third kappa shape index (κ3) is 3.52. The lowest BCUT2D eigenvalue weighted by Gasteiger charge is -2.16. The number of aromatic nitrogens is 2. The maximum absolute atomic E-state index is 12.4. The number of rotatable bonds is 5. The standard InChI is InChI=1S/C25H28N4O2/c1-6-13-29-21-15-19-18(23(30)26-27-24(19)31)14-20(21)25(2,3)22(29)12-9-16-7-10-17(11-8-16)28(4)5/h7-12,14-15H,6,13H2,1-5H3,(H-,26,27,30,31)/p+1. The Kier molecular flexibility index (Phi) is 5.17. The van der Waals surface area contributed by atoms with Crippen LogP contribution in [-0.2, 0) is 5.41 Å². The molecule has 0 bridgehead atoms. The second kappa shape index (κ2) is 7.69. The molecule has 0 saturated heterocycles. The average molecular weight is 418 g/mol. The Balaban J connectivity index is 1.85. The van der Waals surface area contributed by atoms with Crippen molar-refractivity contribution >= 4 is 33.9 Å². The molecule has 0 atom stereocenters. The molecule has 6 nitrogen and oxygen atoms in total. The van der Waals surface area contributed by atoms with Crippen molar-refractivity contribution in [3.05, 3.63) is 74.3 Å². The van der Waals surface area contributed by atoms with Gasteiger partial charge < -0.3 is 4.90 Å². The first-order valence-electron chi connectivity index (χ1n) is 10.6. The first kappa shape index (κ1) is 20.8. The van der Waals surface area contributed by atoms with Crippen LogP contribution in [0, 0.1) is 0 Å². The Hall–Kier alpha value is -3.41. The van der Waals surface area contributed by atoms with Crippen LogP contribution in [0.1, 0.15) is 38.3 Å². The molecule has 2 aromatic carbocycles. The molecule has 1 aliphatic heterocycles. The average Bonchev–Trinajstić information content (AvgIpc) is 2.95.